The first-order valence-corrected chi connectivity index (χ1v) is 11.8. The van der Waals surface area contributed by atoms with Crippen molar-refractivity contribution in [1.29, 1.82) is 0 Å². The maximum absolute atomic E-state index is 13.2. The van der Waals surface area contributed by atoms with Crippen LogP contribution in [0.1, 0.15) is 35.4 Å². The number of nitrogens with zero attached hydrogens (tertiary/aromatic N) is 2. The van der Waals surface area contributed by atoms with E-state index in [1.54, 1.807) is 0 Å². The molecule has 1 amide bonds. The number of sulfone groups is 1. The van der Waals surface area contributed by atoms with Crippen molar-refractivity contribution in [2.45, 2.75) is 42.1 Å². The van der Waals surface area contributed by atoms with E-state index in [4.69, 9.17) is 9.15 Å². The number of hydrogen-bond acceptors (Lipinski definition) is 6. The normalized spacial score (nSPS) is 23.5. The molecule has 1 aliphatic heterocycles. The Bertz CT molecular complexity index is 1240. The van der Waals surface area contributed by atoms with Crippen LogP contribution in [0.25, 0.3) is 0 Å². The van der Waals surface area contributed by atoms with Crippen molar-refractivity contribution in [3.05, 3.63) is 41.6 Å². The number of ether oxygens (including phenoxy) is 1. The fourth-order valence-electron chi connectivity index (χ4n) is 4.04. The van der Waals surface area contributed by atoms with Crippen molar-refractivity contribution >= 4 is 15.7 Å². The third-order valence-electron chi connectivity index (χ3n) is 6.02. The summed E-state index contributed by atoms with van der Waals surface area (Å²) in [6.07, 6.45) is -9.90. The second kappa shape index (κ2) is 7.62. The second-order valence-electron chi connectivity index (χ2n) is 8.50. The molecule has 7 nitrogen and oxygen atoms in total. The van der Waals surface area contributed by atoms with E-state index in [-0.39, 0.29) is 29.8 Å². The van der Waals surface area contributed by atoms with Gasteiger partial charge in [-0.3, -0.25) is 4.79 Å². The van der Waals surface area contributed by atoms with Crippen molar-refractivity contribution in [3.63, 3.8) is 0 Å². The number of carbonyl (C=O) groups is 1. The molecular formula is C20H18F6N2O5S. The van der Waals surface area contributed by atoms with Crippen LogP contribution in [0.4, 0.5) is 26.3 Å². The average molecular weight is 512 g/mol. The highest BCUT2D eigenvalue weighted by atomic mass is 32.2. The van der Waals surface area contributed by atoms with Crippen LogP contribution in [0.15, 0.2) is 33.7 Å². The van der Waals surface area contributed by atoms with Crippen LogP contribution in [0.5, 0.6) is 5.75 Å². The Balaban J connectivity index is 1.63. The highest BCUT2D eigenvalue weighted by Gasteiger charge is 2.65. The van der Waals surface area contributed by atoms with Gasteiger partial charge in [-0.05, 0) is 37.5 Å². The summed E-state index contributed by atoms with van der Waals surface area (Å²) in [7, 11) is -3.80. The van der Waals surface area contributed by atoms with Crippen molar-refractivity contribution < 1.29 is 48.7 Å². The standard InChI is InChI=1S/C20H18F6N2O5S/c1-10(19(21,22)23)32-14-4-3-12(34(2,30)31)5-13(14)16(29)28-8-11-6-18(11,9-28)17-27-7-15(33-17)20(24,25)26/h3-5,7,10-11H,6,8-9H2,1-2H3/t10-,11?,18?/m0/s1. The molecule has 0 radical (unpaired) electrons. The van der Waals surface area contributed by atoms with E-state index < -0.39 is 56.7 Å². The van der Waals surface area contributed by atoms with Gasteiger partial charge in [-0.2, -0.15) is 26.3 Å². The summed E-state index contributed by atoms with van der Waals surface area (Å²) >= 11 is 0. The Morgan fingerprint density at radius 2 is 1.94 bits per heavy atom. The number of hydrogen-bond donors (Lipinski definition) is 0. The fourth-order valence-corrected chi connectivity index (χ4v) is 4.69. The molecule has 0 N–H and O–H groups in total. The molecule has 1 saturated carbocycles. The van der Waals surface area contributed by atoms with Crippen LogP contribution >= 0.6 is 0 Å². The quantitative estimate of drug-likeness (QED) is 0.566. The summed E-state index contributed by atoms with van der Waals surface area (Å²) in [5.41, 5.74) is -1.34. The van der Waals surface area contributed by atoms with Crippen molar-refractivity contribution in [2.24, 2.45) is 5.92 Å². The summed E-state index contributed by atoms with van der Waals surface area (Å²) in [6, 6.07) is 2.93. The monoisotopic (exact) mass is 512 g/mol. The van der Waals surface area contributed by atoms with E-state index in [9.17, 15) is 39.6 Å². The molecule has 2 fully saturated rings. The van der Waals surface area contributed by atoms with Crippen molar-refractivity contribution in [1.82, 2.24) is 9.88 Å². The molecule has 34 heavy (non-hydrogen) atoms. The Hall–Kier alpha value is -2.77. The number of benzene rings is 1. The van der Waals surface area contributed by atoms with Crippen LogP contribution in [0.3, 0.4) is 0 Å². The number of amides is 1. The Labute approximate surface area is 189 Å². The number of halogens is 6. The Morgan fingerprint density at radius 1 is 1.26 bits per heavy atom. The number of oxazole rings is 1. The third kappa shape index (κ3) is 4.34. The molecular weight excluding hydrogens is 494 g/mol. The van der Waals surface area contributed by atoms with Crippen LogP contribution in [-0.4, -0.2) is 55.8 Å². The summed E-state index contributed by atoms with van der Waals surface area (Å²) in [6.45, 7) is 0.727. The van der Waals surface area contributed by atoms with Crippen molar-refractivity contribution in [2.75, 3.05) is 19.3 Å². The zero-order valence-electron chi connectivity index (χ0n) is 17.7. The first-order valence-electron chi connectivity index (χ1n) is 9.92. The minimum atomic E-state index is -4.74. The topological polar surface area (TPSA) is 89.7 Å². The molecule has 0 spiro atoms. The van der Waals surface area contributed by atoms with Crippen LogP contribution < -0.4 is 4.74 Å². The van der Waals surface area contributed by atoms with Gasteiger partial charge in [0.25, 0.3) is 5.91 Å². The Kier molecular flexibility index (Phi) is 5.46. The lowest BCUT2D eigenvalue weighted by Crippen LogP contribution is -2.35. The third-order valence-corrected chi connectivity index (χ3v) is 7.13. The lowest BCUT2D eigenvalue weighted by Gasteiger charge is -2.24. The van der Waals surface area contributed by atoms with Crippen LogP contribution in [-0.2, 0) is 21.4 Å². The van der Waals surface area contributed by atoms with Gasteiger partial charge in [0, 0.05) is 19.3 Å². The maximum atomic E-state index is 13.2. The number of alkyl halides is 6. The van der Waals surface area contributed by atoms with Gasteiger partial charge in [0.05, 0.1) is 22.1 Å². The van der Waals surface area contributed by atoms with E-state index in [0.717, 1.165) is 31.4 Å². The molecule has 14 heteroatoms. The van der Waals surface area contributed by atoms with Gasteiger partial charge in [-0.15, -0.1) is 0 Å². The first-order chi connectivity index (χ1) is 15.5. The van der Waals surface area contributed by atoms with Crippen LogP contribution in [0, 0.1) is 5.92 Å². The summed E-state index contributed by atoms with van der Waals surface area (Å²) in [5.74, 6) is -2.98. The molecule has 1 saturated heterocycles. The molecule has 0 bridgehead atoms. The van der Waals surface area contributed by atoms with Gasteiger partial charge in [0.1, 0.15) is 5.75 Å². The van der Waals surface area contributed by atoms with Gasteiger partial charge >= 0.3 is 12.4 Å². The molecule has 186 valence electrons. The number of piperidine rings is 1. The predicted octanol–water partition coefficient (Wildman–Crippen LogP) is 3.84. The lowest BCUT2D eigenvalue weighted by molar-refractivity contribution is -0.189. The zero-order chi connectivity index (χ0) is 25.3. The number of aromatic nitrogens is 1. The maximum Gasteiger partial charge on any atom is 0.451 e. The number of likely N-dealkylation sites (tertiary alicyclic amines) is 1. The molecule has 2 unspecified atom stereocenters. The minimum absolute atomic E-state index is 0.0833. The number of fused-ring (bicyclic) bond motifs is 1. The minimum Gasteiger partial charge on any atom is -0.480 e. The molecule has 1 aliphatic carbocycles. The molecule has 2 aromatic rings. The summed E-state index contributed by atoms with van der Waals surface area (Å²) in [5, 5.41) is 0. The molecule has 4 rings (SSSR count). The smallest absolute Gasteiger partial charge is 0.451 e. The second-order valence-corrected chi connectivity index (χ2v) is 10.5. The van der Waals surface area contributed by atoms with Gasteiger partial charge in [0.2, 0.25) is 11.7 Å². The van der Waals surface area contributed by atoms with E-state index >= 15 is 0 Å². The first kappa shape index (κ1) is 24.4. The summed E-state index contributed by atoms with van der Waals surface area (Å²) in [4.78, 5) is 17.9. The number of rotatable bonds is 5. The highest BCUT2D eigenvalue weighted by Crippen LogP contribution is 2.59. The largest absolute Gasteiger partial charge is 0.480 e. The SMILES string of the molecule is C[C@H](Oc1ccc(S(C)(=O)=O)cc1C(=O)N1CC2CC2(c2ncc(C(F)(F)F)o2)C1)C(F)(F)F. The van der Waals surface area contributed by atoms with E-state index in [1.807, 2.05) is 0 Å². The van der Waals surface area contributed by atoms with Crippen LogP contribution in [0.2, 0.25) is 0 Å². The van der Waals surface area contributed by atoms with E-state index in [0.29, 0.717) is 12.6 Å². The molecule has 2 heterocycles. The highest BCUT2D eigenvalue weighted by molar-refractivity contribution is 7.90. The molecule has 3 atom stereocenters. The van der Waals surface area contributed by atoms with E-state index in [1.165, 1.54) is 4.90 Å². The molecule has 1 aromatic carbocycles. The van der Waals surface area contributed by atoms with E-state index in [2.05, 4.69) is 4.98 Å². The predicted molar refractivity (Wildman–Crippen MR) is 103 cm³/mol. The van der Waals surface area contributed by atoms with Gasteiger partial charge in [-0.25, -0.2) is 13.4 Å². The zero-order valence-corrected chi connectivity index (χ0v) is 18.5. The van der Waals surface area contributed by atoms with Gasteiger partial charge in [0.15, 0.2) is 15.9 Å². The number of carbonyl (C=O) groups excluding carboxylic acids is 1. The lowest BCUT2D eigenvalue weighted by atomic mass is 10.1. The Morgan fingerprint density at radius 3 is 2.50 bits per heavy atom. The summed E-state index contributed by atoms with van der Waals surface area (Å²) < 4.78 is 111. The van der Waals surface area contributed by atoms with Crippen molar-refractivity contribution in [3.8, 4) is 5.75 Å². The van der Waals surface area contributed by atoms with Gasteiger partial charge in [-0.1, -0.05) is 0 Å². The van der Waals surface area contributed by atoms with Gasteiger partial charge < -0.3 is 14.1 Å². The fraction of sp³-hybridized carbons (Fsp3) is 0.500. The molecule has 1 aromatic heterocycles. The average Bonchev–Trinajstić information content (AvgIpc) is 3.07. The molecule has 2 aliphatic rings.